The van der Waals surface area contributed by atoms with E-state index in [1.54, 1.807) is 31.2 Å². The number of nitrogens with zero attached hydrogens (tertiary/aromatic N) is 1. The van der Waals surface area contributed by atoms with Crippen molar-refractivity contribution in [2.24, 2.45) is 0 Å². The molecule has 1 atom stereocenters. The molecule has 0 aliphatic heterocycles. The maximum absolute atomic E-state index is 12.7. The number of carbonyl (C=O) groups is 1. The van der Waals surface area contributed by atoms with Gasteiger partial charge in [0.25, 0.3) is 0 Å². The molecule has 7 heteroatoms. The standard InChI is InChI=1S/C24H26N2O4S/c1-19(24(27)25-18-17-20-9-5-3-6-10-20)26(31(2,28)29)21-13-15-23(16-14-21)30-22-11-7-4-8-12-22/h3-16,19H,17-18H2,1-2H3,(H,25,27)/t19-/m0/s1. The highest BCUT2D eigenvalue weighted by atomic mass is 32.2. The predicted octanol–water partition coefficient (Wildman–Crippen LogP) is 3.99. The Hall–Kier alpha value is -3.32. The molecule has 0 spiro atoms. The summed E-state index contributed by atoms with van der Waals surface area (Å²) in [5, 5.41) is 2.83. The van der Waals surface area contributed by atoms with E-state index in [0.717, 1.165) is 16.1 Å². The number of hydrogen-bond donors (Lipinski definition) is 1. The maximum Gasteiger partial charge on any atom is 0.243 e. The highest BCUT2D eigenvalue weighted by Gasteiger charge is 2.28. The zero-order valence-electron chi connectivity index (χ0n) is 17.6. The van der Waals surface area contributed by atoms with Crippen LogP contribution in [0.4, 0.5) is 5.69 Å². The molecule has 6 nitrogen and oxygen atoms in total. The number of para-hydroxylation sites is 1. The lowest BCUT2D eigenvalue weighted by molar-refractivity contribution is -0.121. The van der Waals surface area contributed by atoms with E-state index in [9.17, 15) is 13.2 Å². The minimum absolute atomic E-state index is 0.356. The van der Waals surface area contributed by atoms with Crippen molar-refractivity contribution in [3.05, 3.63) is 90.5 Å². The van der Waals surface area contributed by atoms with E-state index in [1.165, 1.54) is 0 Å². The quantitative estimate of drug-likeness (QED) is 0.548. The lowest BCUT2D eigenvalue weighted by Crippen LogP contribution is -2.48. The van der Waals surface area contributed by atoms with Gasteiger partial charge < -0.3 is 10.1 Å². The van der Waals surface area contributed by atoms with E-state index in [2.05, 4.69) is 5.32 Å². The van der Waals surface area contributed by atoms with Gasteiger partial charge in [-0.1, -0.05) is 48.5 Å². The number of hydrogen-bond acceptors (Lipinski definition) is 4. The fourth-order valence-electron chi connectivity index (χ4n) is 3.22. The third-order valence-electron chi connectivity index (χ3n) is 4.71. The van der Waals surface area contributed by atoms with Crippen molar-refractivity contribution < 1.29 is 17.9 Å². The van der Waals surface area contributed by atoms with Crippen molar-refractivity contribution >= 4 is 21.6 Å². The topological polar surface area (TPSA) is 75.7 Å². The number of benzene rings is 3. The molecule has 0 aromatic heterocycles. The van der Waals surface area contributed by atoms with Crippen LogP contribution < -0.4 is 14.4 Å². The molecule has 3 rings (SSSR count). The molecule has 1 N–H and O–H groups in total. The third-order valence-corrected chi connectivity index (χ3v) is 5.96. The number of anilines is 1. The summed E-state index contributed by atoms with van der Waals surface area (Å²) < 4.78 is 31.8. The number of sulfonamides is 1. The van der Waals surface area contributed by atoms with E-state index in [4.69, 9.17) is 4.74 Å². The molecule has 0 saturated heterocycles. The number of amides is 1. The largest absolute Gasteiger partial charge is 0.457 e. The molecule has 3 aromatic carbocycles. The molecular weight excluding hydrogens is 412 g/mol. The van der Waals surface area contributed by atoms with E-state index >= 15 is 0 Å². The highest BCUT2D eigenvalue weighted by molar-refractivity contribution is 7.92. The first-order valence-corrected chi connectivity index (χ1v) is 11.8. The molecule has 0 aliphatic rings. The van der Waals surface area contributed by atoms with Crippen LogP contribution in [0, 0.1) is 0 Å². The van der Waals surface area contributed by atoms with Crippen LogP contribution in [-0.2, 0) is 21.2 Å². The van der Waals surface area contributed by atoms with Gasteiger partial charge in [0.2, 0.25) is 15.9 Å². The number of carbonyl (C=O) groups excluding carboxylic acids is 1. The molecule has 1 amide bonds. The first-order chi connectivity index (χ1) is 14.8. The Balaban J connectivity index is 1.68. The Labute approximate surface area is 183 Å². The number of ether oxygens (including phenoxy) is 1. The summed E-state index contributed by atoms with van der Waals surface area (Å²) >= 11 is 0. The van der Waals surface area contributed by atoms with E-state index in [-0.39, 0.29) is 5.91 Å². The number of nitrogens with one attached hydrogen (secondary N) is 1. The van der Waals surface area contributed by atoms with Gasteiger partial charge in [-0.05, 0) is 55.3 Å². The molecule has 0 aliphatic carbocycles. The smallest absolute Gasteiger partial charge is 0.243 e. The highest BCUT2D eigenvalue weighted by Crippen LogP contribution is 2.26. The second-order valence-corrected chi connectivity index (χ2v) is 9.03. The first-order valence-electron chi connectivity index (χ1n) is 9.98. The molecule has 0 fully saturated rings. The van der Waals surface area contributed by atoms with Gasteiger partial charge in [-0.15, -0.1) is 0 Å². The summed E-state index contributed by atoms with van der Waals surface area (Å²) in [5.74, 6) is 0.899. The third kappa shape index (κ3) is 6.33. The van der Waals surface area contributed by atoms with Gasteiger partial charge >= 0.3 is 0 Å². The zero-order valence-corrected chi connectivity index (χ0v) is 18.4. The average Bonchev–Trinajstić information content (AvgIpc) is 2.75. The minimum atomic E-state index is -3.68. The average molecular weight is 439 g/mol. The van der Waals surface area contributed by atoms with Crippen LogP contribution in [0.25, 0.3) is 0 Å². The van der Waals surface area contributed by atoms with Gasteiger partial charge in [-0.3, -0.25) is 9.10 Å². The van der Waals surface area contributed by atoms with E-state index in [1.807, 2.05) is 60.7 Å². The Morgan fingerprint density at radius 2 is 1.45 bits per heavy atom. The molecule has 0 radical (unpaired) electrons. The SMILES string of the molecule is C[C@@H](C(=O)NCCc1ccccc1)N(c1ccc(Oc2ccccc2)cc1)S(C)(=O)=O. The van der Waals surface area contributed by atoms with Gasteiger partial charge in [-0.25, -0.2) is 8.42 Å². The summed E-state index contributed by atoms with van der Waals surface area (Å²) in [6.07, 6.45) is 1.76. The summed E-state index contributed by atoms with van der Waals surface area (Å²) in [6, 6.07) is 24.8. The first kappa shape index (κ1) is 22.4. The second kappa shape index (κ2) is 10.1. The van der Waals surface area contributed by atoms with Crippen LogP contribution in [0.3, 0.4) is 0 Å². The number of rotatable bonds is 9. The normalized spacial score (nSPS) is 12.1. The van der Waals surface area contributed by atoms with E-state index < -0.39 is 16.1 Å². The molecule has 162 valence electrons. The lowest BCUT2D eigenvalue weighted by atomic mass is 10.1. The van der Waals surface area contributed by atoms with Gasteiger partial charge in [0, 0.05) is 6.54 Å². The van der Waals surface area contributed by atoms with Crippen molar-refractivity contribution in [3.63, 3.8) is 0 Å². The Morgan fingerprint density at radius 3 is 2.03 bits per heavy atom. The Bertz CT molecular complexity index is 1090. The monoisotopic (exact) mass is 438 g/mol. The summed E-state index contributed by atoms with van der Waals surface area (Å²) in [6.45, 7) is 2.00. The summed E-state index contributed by atoms with van der Waals surface area (Å²) in [7, 11) is -3.68. The van der Waals surface area contributed by atoms with Crippen LogP contribution in [-0.4, -0.2) is 33.2 Å². The second-order valence-electron chi connectivity index (χ2n) is 7.17. The molecule has 31 heavy (non-hydrogen) atoms. The van der Waals surface area contributed by atoms with Gasteiger partial charge in [0.1, 0.15) is 17.5 Å². The summed E-state index contributed by atoms with van der Waals surface area (Å²) in [5.41, 5.74) is 1.50. The van der Waals surface area contributed by atoms with Crippen molar-refractivity contribution in [1.82, 2.24) is 5.32 Å². The minimum Gasteiger partial charge on any atom is -0.457 e. The van der Waals surface area contributed by atoms with Crippen LogP contribution in [0.15, 0.2) is 84.9 Å². The Kier molecular flexibility index (Phi) is 7.31. The molecule has 0 unspecified atom stereocenters. The van der Waals surface area contributed by atoms with Gasteiger partial charge in [-0.2, -0.15) is 0 Å². The molecule has 0 heterocycles. The molecule has 0 bridgehead atoms. The van der Waals surface area contributed by atoms with E-state index in [0.29, 0.717) is 30.2 Å². The lowest BCUT2D eigenvalue weighted by Gasteiger charge is -2.28. The maximum atomic E-state index is 12.7. The van der Waals surface area contributed by atoms with Crippen molar-refractivity contribution in [3.8, 4) is 11.5 Å². The van der Waals surface area contributed by atoms with Crippen LogP contribution in [0.1, 0.15) is 12.5 Å². The van der Waals surface area contributed by atoms with Crippen molar-refractivity contribution in [1.29, 1.82) is 0 Å². The molecular formula is C24H26N2O4S. The van der Waals surface area contributed by atoms with Crippen LogP contribution in [0.2, 0.25) is 0 Å². The Morgan fingerprint density at radius 1 is 0.903 bits per heavy atom. The fourth-order valence-corrected chi connectivity index (χ4v) is 4.39. The predicted molar refractivity (Wildman–Crippen MR) is 123 cm³/mol. The summed E-state index contributed by atoms with van der Waals surface area (Å²) in [4.78, 5) is 12.7. The van der Waals surface area contributed by atoms with Gasteiger partial charge in [0.15, 0.2) is 0 Å². The molecule has 3 aromatic rings. The zero-order chi connectivity index (χ0) is 22.3. The van der Waals surface area contributed by atoms with Crippen molar-refractivity contribution in [2.75, 3.05) is 17.1 Å². The van der Waals surface area contributed by atoms with Crippen LogP contribution >= 0.6 is 0 Å². The van der Waals surface area contributed by atoms with Gasteiger partial charge in [0.05, 0.1) is 11.9 Å². The molecule has 0 saturated carbocycles. The fraction of sp³-hybridized carbons (Fsp3) is 0.208. The van der Waals surface area contributed by atoms with Crippen LogP contribution in [0.5, 0.6) is 11.5 Å². The van der Waals surface area contributed by atoms with Crippen molar-refractivity contribution in [2.45, 2.75) is 19.4 Å².